The Morgan fingerprint density at radius 1 is 1.13 bits per heavy atom. The number of benzene rings is 1. The first-order chi connectivity index (χ1) is 14.5. The number of nitrogens with one attached hydrogen (secondary N) is 2. The van der Waals surface area contributed by atoms with Gasteiger partial charge in [0.1, 0.15) is 0 Å². The molecule has 1 unspecified atom stereocenters. The molecule has 1 aromatic rings. The summed E-state index contributed by atoms with van der Waals surface area (Å²) in [6.45, 7) is 10.5. The van der Waals surface area contributed by atoms with Crippen molar-refractivity contribution in [1.82, 2.24) is 10.6 Å². The molecule has 10 nitrogen and oxygen atoms in total. The first kappa shape index (κ1) is 24.0. The minimum absolute atomic E-state index is 0.0223. The van der Waals surface area contributed by atoms with Crippen LogP contribution >= 0.6 is 0 Å². The van der Waals surface area contributed by atoms with Gasteiger partial charge >= 0.3 is 17.7 Å². The lowest BCUT2D eigenvalue weighted by atomic mass is 9.91. The summed E-state index contributed by atoms with van der Waals surface area (Å²) in [5.41, 5.74) is 0.530. The molecule has 0 fully saturated rings. The Labute approximate surface area is 181 Å². The summed E-state index contributed by atoms with van der Waals surface area (Å²) >= 11 is 0. The largest absolute Gasteiger partial charge is 0.493 e. The number of rotatable bonds is 8. The van der Waals surface area contributed by atoms with E-state index in [-0.39, 0.29) is 34.8 Å². The fraction of sp³-hybridized carbons (Fsp3) is 0.524. The van der Waals surface area contributed by atoms with Gasteiger partial charge in [-0.25, -0.2) is 9.59 Å². The molecule has 1 heterocycles. The lowest BCUT2D eigenvalue weighted by Gasteiger charge is -2.31. The van der Waals surface area contributed by atoms with Crippen molar-refractivity contribution in [3.8, 4) is 11.5 Å². The minimum Gasteiger partial charge on any atom is -0.493 e. The third-order valence-electron chi connectivity index (χ3n) is 4.40. The average Bonchev–Trinajstić information content (AvgIpc) is 2.65. The van der Waals surface area contributed by atoms with E-state index in [9.17, 15) is 19.7 Å². The van der Waals surface area contributed by atoms with Gasteiger partial charge in [-0.15, -0.1) is 0 Å². The van der Waals surface area contributed by atoms with Gasteiger partial charge < -0.3 is 24.8 Å². The van der Waals surface area contributed by atoms with Crippen molar-refractivity contribution >= 4 is 17.7 Å². The van der Waals surface area contributed by atoms with Gasteiger partial charge in [0.05, 0.1) is 35.9 Å². The molecule has 2 N–H and O–H groups in total. The van der Waals surface area contributed by atoms with E-state index in [4.69, 9.17) is 14.2 Å². The first-order valence-electron chi connectivity index (χ1n) is 10.0. The SMILES string of the molecule is COc1cc(C2NC(=O)NC(C(C)C)=C2C(=O)OC(C)C)cc([N+](=O)[O-])c1OC(C)C. The standard InChI is InChI=1S/C21H29N3O7/c1-10(2)17-16(20(25)31-12(5)6)18(23-21(26)22-17)13-8-14(24(27)28)19(30-11(3)4)15(9-13)29-7/h8-12,18H,1-7H3,(H2,22,23,26). The molecule has 1 aliphatic rings. The van der Waals surface area contributed by atoms with Crippen molar-refractivity contribution < 1.29 is 28.7 Å². The van der Waals surface area contributed by atoms with Gasteiger partial charge in [0, 0.05) is 11.8 Å². The molecule has 1 atom stereocenters. The smallest absolute Gasteiger partial charge is 0.338 e. The summed E-state index contributed by atoms with van der Waals surface area (Å²) in [6, 6.07) is 1.29. The monoisotopic (exact) mass is 435 g/mol. The number of ether oxygens (including phenoxy) is 3. The zero-order chi connectivity index (χ0) is 23.5. The molecular weight excluding hydrogens is 406 g/mol. The first-order valence-corrected chi connectivity index (χ1v) is 10.0. The van der Waals surface area contributed by atoms with E-state index in [0.29, 0.717) is 11.3 Å². The van der Waals surface area contributed by atoms with E-state index in [1.807, 2.05) is 13.8 Å². The number of carbonyl (C=O) groups excluding carboxylic acids is 2. The van der Waals surface area contributed by atoms with Crippen molar-refractivity contribution in [3.63, 3.8) is 0 Å². The van der Waals surface area contributed by atoms with Crippen molar-refractivity contribution in [2.45, 2.75) is 59.8 Å². The van der Waals surface area contributed by atoms with Crippen LogP contribution in [0.25, 0.3) is 0 Å². The Balaban J connectivity index is 2.73. The molecule has 1 aliphatic heterocycles. The van der Waals surface area contributed by atoms with Gasteiger partial charge in [0.2, 0.25) is 5.75 Å². The number of carbonyl (C=O) groups is 2. The molecule has 0 radical (unpaired) electrons. The van der Waals surface area contributed by atoms with E-state index < -0.39 is 29.1 Å². The maximum Gasteiger partial charge on any atom is 0.338 e. The highest BCUT2D eigenvalue weighted by Gasteiger charge is 2.37. The molecule has 0 spiro atoms. The third-order valence-corrected chi connectivity index (χ3v) is 4.40. The number of urea groups is 1. The van der Waals surface area contributed by atoms with Crippen molar-refractivity contribution in [1.29, 1.82) is 0 Å². The summed E-state index contributed by atoms with van der Waals surface area (Å²) in [6.07, 6.45) is -0.724. The number of nitro benzene ring substituents is 1. The number of hydrogen-bond donors (Lipinski definition) is 2. The zero-order valence-corrected chi connectivity index (χ0v) is 18.8. The quantitative estimate of drug-likeness (QED) is 0.362. The molecular formula is C21H29N3O7. The number of esters is 1. The Morgan fingerprint density at radius 2 is 1.77 bits per heavy atom. The summed E-state index contributed by atoms with van der Waals surface area (Å²) in [5, 5.41) is 17.1. The second-order valence-electron chi connectivity index (χ2n) is 7.96. The van der Waals surface area contributed by atoms with Gasteiger partial charge in [-0.05, 0) is 45.2 Å². The van der Waals surface area contributed by atoms with Gasteiger partial charge in [0.15, 0.2) is 5.75 Å². The van der Waals surface area contributed by atoms with Gasteiger partial charge in [0.25, 0.3) is 0 Å². The van der Waals surface area contributed by atoms with E-state index in [2.05, 4.69) is 10.6 Å². The van der Waals surface area contributed by atoms with E-state index in [1.165, 1.54) is 19.2 Å². The summed E-state index contributed by atoms with van der Waals surface area (Å²) in [7, 11) is 1.36. The fourth-order valence-electron chi connectivity index (χ4n) is 3.21. The molecule has 10 heteroatoms. The normalized spacial score (nSPS) is 16.3. The van der Waals surface area contributed by atoms with Crippen LogP contribution in [0.15, 0.2) is 23.4 Å². The molecule has 0 bridgehead atoms. The van der Waals surface area contributed by atoms with Crippen LogP contribution in [0.1, 0.15) is 53.1 Å². The molecule has 2 rings (SSSR count). The Morgan fingerprint density at radius 3 is 2.26 bits per heavy atom. The maximum absolute atomic E-state index is 12.9. The molecule has 2 amide bonds. The predicted octanol–water partition coefficient (Wildman–Crippen LogP) is 3.61. The van der Waals surface area contributed by atoms with E-state index in [1.54, 1.807) is 27.7 Å². The number of allylic oxidation sites excluding steroid dienone is 1. The number of methoxy groups -OCH3 is 1. The number of hydrogen-bond acceptors (Lipinski definition) is 7. The van der Waals surface area contributed by atoms with Crippen molar-refractivity contribution in [2.24, 2.45) is 5.92 Å². The van der Waals surface area contributed by atoms with Gasteiger partial charge in [-0.2, -0.15) is 0 Å². The highest BCUT2D eigenvalue weighted by molar-refractivity contribution is 5.95. The average molecular weight is 435 g/mol. The van der Waals surface area contributed by atoms with Crippen molar-refractivity contribution in [2.75, 3.05) is 7.11 Å². The molecule has 0 saturated heterocycles. The predicted molar refractivity (Wildman–Crippen MR) is 113 cm³/mol. The van der Waals surface area contributed by atoms with E-state index >= 15 is 0 Å². The lowest BCUT2D eigenvalue weighted by molar-refractivity contribution is -0.386. The molecule has 1 aromatic carbocycles. The lowest BCUT2D eigenvalue weighted by Crippen LogP contribution is -2.47. The number of amides is 2. The Hall–Kier alpha value is -3.30. The molecule has 0 saturated carbocycles. The number of nitro groups is 1. The van der Waals surface area contributed by atoms with Crippen molar-refractivity contribution in [3.05, 3.63) is 39.1 Å². The van der Waals surface area contributed by atoms with Crippen LogP contribution in [0.2, 0.25) is 0 Å². The van der Waals surface area contributed by atoms with Crippen LogP contribution in [0.3, 0.4) is 0 Å². The third kappa shape index (κ3) is 5.44. The summed E-state index contributed by atoms with van der Waals surface area (Å²) in [5.74, 6) is -0.733. The topological polar surface area (TPSA) is 129 Å². The van der Waals surface area contributed by atoms with Crippen LogP contribution < -0.4 is 20.1 Å². The number of nitrogens with zero attached hydrogens (tertiary/aromatic N) is 1. The maximum atomic E-state index is 12.9. The highest BCUT2D eigenvalue weighted by atomic mass is 16.6. The van der Waals surface area contributed by atoms with Gasteiger partial charge in [-0.3, -0.25) is 10.1 Å². The zero-order valence-electron chi connectivity index (χ0n) is 18.8. The second kappa shape index (κ2) is 9.67. The Bertz CT molecular complexity index is 906. The molecule has 0 aromatic heterocycles. The Kier molecular flexibility index (Phi) is 7.48. The van der Waals surface area contributed by atoms with E-state index in [0.717, 1.165) is 0 Å². The van der Waals surface area contributed by atoms with Crippen LogP contribution in [0.5, 0.6) is 11.5 Å². The summed E-state index contributed by atoms with van der Waals surface area (Å²) < 4.78 is 16.3. The second-order valence-corrected chi connectivity index (χ2v) is 7.96. The fourth-order valence-corrected chi connectivity index (χ4v) is 3.21. The highest BCUT2D eigenvalue weighted by Crippen LogP contribution is 2.42. The van der Waals surface area contributed by atoms with Crippen LogP contribution in [-0.2, 0) is 9.53 Å². The summed E-state index contributed by atoms with van der Waals surface area (Å²) in [4.78, 5) is 36.5. The van der Waals surface area contributed by atoms with Crippen LogP contribution in [0.4, 0.5) is 10.5 Å². The molecule has 31 heavy (non-hydrogen) atoms. The van der Waals surface area contributed by atoms with Crippen LogP contribution in [0, 0.1) is 16.0 Å². The van der Waals surface area contributed by atoms with Crippen LogP contribution in [-0.4, -0.2) is 36.2 Å². The van der Waals surface area contributed by atoms with Gasteiger partial charge in [-0.1, -0.05) is 13.8 Å². The minimum atomic E-state index is -0.974. The molecule has 170 valence electrons. The molecule has 0 aliphatic carbocycles.